The quantitative estimate of drug-likeness (QED) is 0.805. The molecule has 0 radical (unpaired) electrons. The van der Waals surface area contributed by atoms with Gasteiger partial charge in [-0.3, -0.25) is 9.69 Å². The van der Waals surface area contributed by atoms with Gasteiger partial charge >= 0.3 is 0 Å². The van der Waals surface area contributed by atoms with Gasteiger partial charge in [-0.2, -0.15) is 0 Å². The molecule has 1 fully saturated rings. The minimum Gasteiger partial charge on any atom is -0.351 e. The maximum Gasteiger partial charge on any atom is 0.225 e. The molecule has 4 nitrogen and oxygen atoms in total. The van der Waals surface area contributed by atoms with Gasteiger partial charge in [-0.25, -0.2) is 0 Å². The highest BCUT2D eigenvalue weighted by Crippen LogP contribution is 2.29. The van der Waals surface area contributed by atoms with E-state index < -0.39 is 0 Å². The predicted molar refractivity (Wildman–Crippen MR) is 106 cm³/mol. The molecule has 3 rings (SSSR count). The molecule has 0 aliphatic carbocycles. The van der Waals surface area contributed by atoms with Gasteiger partial charge in [0.25, 0.3) is 0 Å². The number of likely N-dealkylation sites (N-methyl/N-ethyl adjacent to an activating group) is 1. The second-order valence-corrected chi connectivity index (χ2v) is 8.55. The number of amides is 1. The molecule has 0 saturated carbocycles. The first kappa shape index (κ1) is 18.6. The Morgan fingerprint density at radius 3 is 2.48 bits per heavy atom. The third-order valence-corrected chi connectivity index (χ3v) is 6.68. The molecule has 2 atom stereocenters. The number of piperazine rings is 1. The van der Waals surface area contributed by atoms with E-state index in [1.165, 1.54) is 4.88 Å². The molecule has 1 N–H and O–H groups in total. The molecule has 1 amide bonds. The first-order valence-corrected chi connectivity index (χ1v) is 10.7. The molecule has 136 valence electrons. The molecule has 0 spiro atoms. The van der Waals surface area contributed by atoms with E-state index in [4.69, 9.17) is 0 Å². The zero-order valence-electron chi connectivity index (χ0n) is 15.0. The Morgan fingerprint density at radius 2 is 1.88 bits per heavy atom. The molecule has 1 aliphatic heterocycles. The highest BCUT2D eigenvalue weighted by molar-refractivity contribution is 7.10. The maximum absolute atomic E-state index is 12.4. The van der Waals surface area contributed by atoms with Gasteiger partial charge in [-0.05, 0) is 36.4 Å². The van der Waals surface area contributed by atoms with Crippen molar-refractivity contribution in [3.8, 4) is 0 Å². The van der Waals surface area contributed by atoms with Crippen molar-refractivity contribution >= 4 is 28.6 Å². The largest absolute Gasteiger partial charge is 0.351 e. The molecule has 6 heteroatoms. The van der Waals surface area contributed by atoms with E-state index in [1.54, 1.807) is 22.7 Å². The number of thiophene rings is 2. The number of carbonyl (C=O) groups excluding carboxylic acids is 1. The fourth-order valence-corrected chi connectivity index (χ4v) is 5.18. The second kappa shape index (κ2) is 8.94. The van der Waals surface area contributed by atoms with Crippen LogP contribution in [0.5, 0.6) is 0 Å². The Hall–Kier alpha value is -1.21. The summed E-state index contributed by atoms with van der Waals surface area (Å²) in [5.74, 6) is 0.115. The van der Waals surface area contributed by atoms with E-state index in [-0.39, 0.29) is 18.0 Å². The molecule has 3 heterocycles. The number of nitrogens with one attached hydrogen (secondary N) is 1. The summed E-state index contributed by atoms with van der Waals surface area (Å²) in [5, 5.41) is 7.40. The Labute approximate surface area is 158 Å². The third kappa shape index (κ3) is 4.91. The topological polar surface area (TPSA) is 35.6 Å². The minimum atomic E-state index is 0.0966. The molecular weight excluding hydrogens is 350 g/mol. The van der Waals surface area contributed by atoms with Gasteiger partial charge in [0.1, 0.15) is 0 Å². The summed E-state index contributed by atoms with van der Waals surface area (Å²) in [7, 11) is 0. The van der Waals surface area contributed by atoms with Gasteiger partial charge in [0.15, 0.2) is 0 Å². The number of hydrogen-bond donors (Lipinski definition) is 1. The molecule has 0 unspecified atom stereocenters. The number of nitrogens with zero attached hydrogens (tertiary/aromatic N) is 2. The lowest BCUT2D eigenvalue weighted by Gasteiger charge is -2.41. The van der Waals surface area contributed by atoms with Crippen molar-refractivity contribution in [2.24, 2.45) is 0 Å². The molecule has 0 aromatic carbocycles. The summed E-state index contributed by atoms with van der Waals surface area (Å²) in [4.78, 5) is 19.9. The lowest BCUT2D eigenvalue weighted by molar-refractivity contribution is -0.121. The van der Waals surface area contributed by atoms with Crippen molar-refractivity contribution in [3.05, 3.63) is 44.8 Å². The third-order valence-electron chi connectivity index (χ3n) is 4.86. The van der Waals surface area contributed by atoms with Crippen LogP contribution in [0.15, 0.2) is 35.0 Å². The SMILES string of the molecule is CCN1CCN([C@H](c2cccs2)[C@H](C)NC(=O)Cc2cccs2)CC1. The summed E-state index contributed by atoms with van der Waals surface area (Å²) in [6, 6.07) is 8.68. The Morgan fingerprint density at radius 1 is 1.16 bits per heavy atom. The van der Waals surface area contributed by atoms with Crippen LogP contribution in [0.3, 0.4) is 0 Å². The Kier molecular flexibility index (Phi) is 6.64. The van der Waals surface area contributed by atoms with E-state index in [0.717, 1.165) is 37.6 Å². The van der Waals surface area contributed by atoms with Crippen LogP contribution in [0.1, 0.15) is 29.6 Å². The van der Waals surface area contributed by atoms with Crippen molar-refractivity contribution in [1.29, 1.82) is 0 Å². The van der Waals surface area contributed by atoms with E-state index >= 15 is 0 Å². The van der Waals surface area contributed by atoms with Crippen molar-refractivity contribution in [2.75, 3.05) is 32.7 Å². The van der Waals surface area contributed by atoms with Gasteiger partial charge in [-0.1, -0.05) is 19.1 Å². The van der Waals surface area contributed by atoms with Crippen LogP contribution in [-0.2, 0) is 11.2 Å². The number of hydrogen-bond acceptors (Lipinski definition) is 5. The highest BCUT2D eigenvalue weighted by atomic mass is 32.1. The van der Waals surface area contributed by atoms with E-state index in [1.807, 2.05) is 17.5 Å². The first-order chi connectivity index (χ1) is 12.2. The maximum atomic E-state index is 12.4. The van der Waals surface area contributed by atoms with Gasteiger partial charge < -0.3 is 10.2 Å². The lowest BCUT2D eigenvalue weighted by atomic mass is 10.0. The molecule has 0 bridgehead atoms. The zero-order chi connectivity index (χ0) is 17.6. The number of rotatable bonds is 7. The van der Waals surface area contributed by atoms with E-state index in [2.05, 4.69) is 46.5 Å². The molecular formula is C19H27N3OS2. The summed E-state index contributed by atoms with van der Waals surface area (Å²) >= 11 is 3.43. The normalized spacial score (nSPS) is 18.8. The summed E-state index contributed by atoms with van der Waals surface area (Å²) in [6.45, 7) is 9.80. The highest BCUT2D eigenvalue weighted by Gasteiger charge is 2.30. The van der Waals surface area contributed by atoms with Crippen LogP contribution < -0.4 is 5.32 Å². The second-order valence-electron chi connectivity index (χ2n) is 6.54. The van der Waals surface area contributed by atoms with Crippen molar-refractivity contribution in [3.63, 3.8) is 0 Å². The average molecular weight is 378 g/mol. The predicted octanol–water partition coefficient (Wildman–Crippen LogP) is 3.24. The fraction of sp³-hybridized carbons (Fsp3) is 0.526. The zero-order valence-corrected chi connectivity index (χ0v) is 16.6. The Balaban J connectivity index is 1.65. The van der Waals surface area contributed by atoms with Crippen molar-refractivity contribution < 1.29 is 4.79 Å². The monoisotopic (exact) mass is 377 g/mol. The van der Waals surface area contributed by atoms with E-state index in [9.17, 15) is 4.79 Å². The Bertz CT molecular complexity index is 634. The summed E-state index contributed by atoms with van der Waals surface area (Å²) < 4.78 is 0. The lowest BCUT2D eigenvalue weighted by Crippen LogP contribution is -2.52. The van der Waals surface area contributed by atoms with Crippen LogP contribution in [0.25, 0.3) is 0 Å². The minimum absolute atomic E-state index is 0.0966. The average Bonchev–Trinajstić information content (AvgIpc) is 3.30. The van der Waals surface area contributed by atoms with Crippen LogP contribution in [0.4, 0.5) is 0 Å². The van der Waals surface area contributed by atoms with Gasteiger partial charge in [0, 0.05) is 42.0 Å². The molecule has 25 heavy (non-hydrogen) atoms. The molecule has 1 aliphatic rings. The van der Waals surface area contributed by atoms with Gasteiger partial charge in [0.2, 0.25) is 5.91 Å². The van der Waals surface area contributed by atoms with Gasteiger partial charge in [-0.15, -0.1) is 22.7 Å². The van der Waals surface area contributed by atoms with Crippen molar-refractivity contribution in [1.82, 2.24) is 15.1 Å². The van der Waals surface area contributed by atoms with Crippen LogP contribution in [0.2, 0.25) is 0 Å². The molecule has 2 aromatic rings. The standard InChI is InChI=1S/C19H27N3OS2/c1-3-21-8-10-22(11-9-21)19(17-7-5-13-25-17)15(2)20-18(23)14-16-6-4-12-24-16/h4-7,12-13,15,19H,3,8-11,14H2,1-2H3,(H,20,23)/t15-,19-/m0/s1. The van der Waals surface area contributed by atoms with Crippen molar-refractivity contribution in [2.45, 2.75) is 32.4 Å². The first-order valence-electron chi connectivity index (χ1n) is 8.99. The number of carbonyl (C=O) groups is 1. The van der Waals surface area contributed by atoms with Crippen LogP contribution in [-0.4, -0.2) is 54.5 Å². The fourth-order valence-electron chi connectivity index (χ4n) is 3.52. The van der Waals surface area contributed by atoms with Gasteiger partial charge in [0.05, 0.1) is 12.5 Å². The summed E-state index contributed by atoms with van der Waals surface area (Å²) in [6.07, 6.45) is 0.475. The smallest absolute Gasteiger partial charge is 0.225 e. The molecule has 1 saturated heterocycles. The molecule has 2 aromatic heterocycles. The van der Waals surface area contributed by atoms with Crippen LogP contribution >= 0.6 is 22.7 Å². The van der Waals surface area contributed by atoms with Crippen LogP contribution in [0, 0.1) is 0 Å². The summed E-state index contributed by atoms with van der Waals surface area (Å²) in [5.41, 5.74) is 0. The van der Waals surface area contributed by atoms with E-state index in [0.29, 0.717) is 6.42 Å².